The maximum Gasteiger partial charge on any atom is 0.323 e. The zero-order valence-electron chi connectivity index (χ0n) is 19.1. The summed E-state index contributed by atoms with van der Waals surface area (Å²) in [5.41, 5.74) is 17.4. The van der Waals surface area contributed by atoms with Gasteiger partial charge in [0.2, 0.25) is 5.96 Å². The molecule has 0 bridgehead atoms. The average molecular weight is 447 g/mol. The number of anilines is 2. The van der Waals surface area contributed by atoms with Gasteiger partial charge in [0.05, 0.1) is 12.3 Å². The number of hydrogen-bond acceptors (Lipinski definition) is 5. The lowest BCUT2D eigenvalue weighted by molar-refractivity contribution is 0.262. The molecule has 0 aromatic heterocycles. The topological polar surface area (TPSA) is 154 Å². The summed E-state index contributed by atoms with van der Waals surface area (Å²) in [6.45, 7) is 6.11. The van der Waals surface area contributed by atoms with Crippen LogP contribution in [0.15, 0.2) is 57.7 Å². The fourth-order valence-corrected chi connectivity index (χ4v) is 3.58. The number of hydrogen-bond donors (Lipinski definition) is 5. The highest BCUT2D eigenvalue weighted by atomic mass is 16.2. The Morgan fingerprint density at radius 1 is 1.09 bits per heavy atom. The van der Waals surface area contributed by atoms with Crippen molar-refractivity contribution in [3.05, 3.63) is 59.2 Å². The van der Waals surface area contributed by atoms with E-state index in [0.717, 1.165) is 41.0 Å². The number of benzene rings is 2. The average Bonchev–Trinajstić information content (AvgIpc) is 2.77. The van der Waals surface area contributed by atoms with Crippen molar-refractivity contribution in [1.82, 2.24) is 0 Å². The number of rotatable bonds is 6. The number of carbonyl (C=O) groups is 1. The Bertz CT molecular complexity index is 1130. The van der Waals surface area contributed by atoms with Crippen LogP contribution in [-0.2, 0) is 6.42 Å². The zero-order valence-corrected chi connectivity index (χ0v) is 19.1. The molecule has 7 N–H and O–H groups in total. The number of urea groups is 1. The number of nitrogens with one attached hydrogen (secondary N) is 3. The quantitative estimate of drug-likeness (QED) is 0.261. The van der Waals surface area contributed by atoms with Crippen molar-refractivity contribution in [1.29, 1.82) is 5.41 Å². The van der Waals surface area contributed by atoms with E-state index < -0.39 is 0 Å². The molecule has 2 amide bonds. The summed E-state index contributed by atoms with van der Waals surface area (Å²) < 4.78 is 0. The zero-order chi connectivity index (χ0) is 24.0. The Morgan fingerprint density at radius 2 is 1.76 bits per heavy atom. The van der Waals surface area contributed by atoms with E-state index in [4.69, 9.17) is 16.9 Å². The van der Waals surface area contributed by atoms with Crippen LogP contribution in [0.2, 0.25) is 0 Å². The number of amides is 2. The smallest absolute Gasteiger partial charge is 0.323 e. The van der Waals surface area contributed by atoms with Crippen LogP contribution in [0.25, 0.3) is 0 Å². The van der Waals surface area contributed by atoms with Crippen molar-refractivity contribution in [3.63, 3.8) is 0 Å². The number of nitrogens with two attached hydrogens (primary N) is 2. The fourth-order valence-electron chi connectivity index (χ4n) is 3.58. The van der Waals surface area contributed by atoms with Gasteiger partial charge >= 0.3 is 6.03 Å². The van der Waals surface area contributed by atoms with Crippen molar-refractivity contribution < 1.29 is 4.79 Å². The van der Waals surface area contributed by atoms with E-state index in [-0.39, 0.29) is 17.9 Å². The van der Waals surface area contributed by atoms with Gasteiger partial charge in [-0.2, -0.15) is 5.10 Å². The number of guanidine groups is 1. The molecule has 33 heavy (non-hydrogen) atoms. The Hall–Kier alpha value is -4.01. The molecule has 1 aliphatic carbocycles. The highest BCUT2D eigenvalue weighted by molar-refractivity contribution is 6.06. The summed E-state index contributed by atoms with van der Waals surface area (Å²) in [5, 5.41) is 21.2. The first kappa shape index (κ1) is 23.6. The Morgan fingerprint density at radius 3 is 2.42 bits per heavy atom. The fraction of sp³-hybridized carbons (Fsp3) is 0.292. The van der Waals surface area contributed by atoms with Crippen molar-refractivity contribution >= 4 is 40.5 Å². The van der Waals surface area contributed by atoms with Gasteiger partial charge in [0.25, 0.3) is 0 Å². The normalized spacial score (nSPS) is 16.6. The van der Waals surface area contributed by atoms with Gasteiger partial charge in [0.1, 0.15) is 0 Å². The minimum atomic E-state index is -0.328. The van der Waals surface area contributed by atoms with Gasteiger partial charge in [0.15, 0.2) is 0 Å². The number of nitrogens with zero attached hydrogens (tertiary/aromatic N) is 3. The van der Waals surface area contributed by atoms with Crippen LogP contribution in [0.4, 0.5) is 16.2 Å². The number of carbonyl (C=O) groups excluding carboxylic acids is 1. The lowest BCUT2D eigenvalue weighted by atomic mass is 9.83. The molecule has 2 aromatic carbocycles. The van der Waals surface area contributed by atoms with Crippen LogP contribution in [0.1, 0.15) is 43.9 Å². The van der Waals surface area contributed by atoms with E-state index in [1.54, 1.807) is 6.92 Å². The van der Waals surface area contributed by atoms with Crippen LogP contribution in [0.5, 0.6) is 0 Å². The predicted octanol–water partition coefficient (Wildman–Crippen LogP) is 3.74. The largest absolute Gasteiger partial charge is 0.369 e. The molecule has 1 aliphatic rings. The second-order valence-electron chi connectivity index (χ2n) is 8.16. The molecule has 0 aliphatic heterocycles. The van der Waals surface area contributed by atoms with Gasteiger partial charge in [-0.3, -0.25) is 4.99 Å². The van der Waals surface area contributed by atoms with Crippen molar-refractivity contribution in [3.8, 4) is 0 Å². The lowest BCUT2D eigenvalue weighted by Gasteiger charge is -2.23. The second-order valence-corrected chi connectivity index (χ2v) is 8.16. The third-order valence-corrected chi connectivity index (χ3v) is 5.34. The summed E-state index contributed by atoms with van der Waals surface area (Å²) in [6, 6.07) is 12.9. The first-order chi connectivity index (χ1) is 15.7. The Kier molecular flexibility index (Phi) is 7.55. The third kappa shape index (κ3) is 6.49. The molecule has 2 aromatic rings. The van der Waals surface area contributed by atoms with Crippen molar-refractivity contribution in [2.24, 2.45) is 32.6 Å². The number of aryl methyl sites for hydroxylation is 1. The molecular formula is C24H30N8O. The van der Waals surface area contributed by atoms with Gasteiger partial charge in [-0.1, -0.05) is 25.1 Å². The number of fused-ring (bicyclic) bond motifs is 1. The molecule has 0 heterocycles. The molecule has 0 saturated heterocycles. The minimum absolute atomic E-state index is 0.0753. The van der Waals surface area contributed by atoms with Gasteiger partial charge in [0, 0.05) is 34.3 Å². The van der Waals surface area contributed by atoms with E-state index in [0.29, 0.717) is 23.6 Å². The summed E-state index contributed by atoms with van der Waals surface area (Å²) in [7, 11) is 0. The molecule has 1 unspecified atom stereocenters. The monoisotopic (exact) mass is 446 g/mol. The first-order valence-electron chi connectivity index (χ1n) is 10.8. The van der Waals surface area contributed by atoms with E-state index >= 15 is 0 Å². The first-order valence-corrected chi connectivity index (χ1v) is 10.8. The molecule has 9 heteroatoms. The molecule has 9 nitrogen and oxygen atoms in total. The van der Waals surface area contributed by atoms with Crippen LogP contribution in [0, 0.1) is 11.3 Å². The molecule has 172 valence electrons. The minimum Gasteiger partial charge on any atom is -0.369 e. The predicted molar refractivity (Wildman–Crippen MR) is 136 cm³/mol. The summed E-state index contributed by atoms with van der Waals surface area (Å²) in [4.78, 5) is 16.9. The van der Waals surface area contributed by atoms with Crippen molar-refractivity contribution in [2.75, 3.05) is 17.2 Å². The van der Waals surface area contributed by atoms with E-state index in [2.05, 4.69) is 32.8 Å². The Labute approximate surface area is 193 Å². The molecule has 0 spiro atoms. The van der Waals surface area contributed by atoms with E-state index in [1.807, 2.05) is 49.4 Å². The van der Waals surface area contributed by atoms with Gasteiger partial charge < -0.3 is 27.5 Å². The van der Waals surface area contributed by atoms with E-state index in [1.165, 1.54) is 0 Å². The molecule has 1 atom stereocenters. The SMILES string of the molecule is CC(=N)CN=C(C)c1ccc(NC(=O)Nc2ccc3c(c2)CCC(C)C3=NN=C(N)N)cc1. The van der Waals surface area contributed by atoms with Crippen LogP contribution >= 0.6 is 0 Å². The maximum atomic E-state index is 12.5. The second kappa shape index (κ2) is 10.5. The molecule has 0 fully saturated rings. The van der Waals surface area contributed by atoms with E-state index in [9.17, 15) is 4.79 Å². The van der Waals surface area contributed by atoms with Crippen LogP contribution in [-0.4, -0.2) is 35.7 Å². The summed E-state index contributed by atoms with van der Waals surface area (Å²) in [6.07, 6.45) is 1.81. The highest BCUT2D eigenvalue weighted by Crippen LogP contribution is 2.28. The molecule has 0 radical (unpaired) electrons. The maximum absolute atomic E-state index is 12.5. The molecule has 0 saturated carbocycles. The standard InChI is InChI=1S/C24H30N8O/c1-14-4-5-18-12-20(10-11-21(18)22(14)31-32-23(26)27)30-24(33)29-19-8-6-17(7-9-19)16(3)28-13-15(2)25/h6-12,14,25H,4-5,13H2,1-3H3,(H4,26,27,32)(H2,29,30,33). The van der Waals surface area contributed by atoms with Gasteiger partial charge in [-0.15, -0.1) is 5.10 Å². The summed E-state index contributed by atoms with van der Waals surface area (Å²) >= 11 is 0. The van der Waals surface area contributed by atoms with Gasteiger partial charge in [-0.25, -0.2) is 4.79 Å². The molecular weight excluding hydrogens is 416 g/mol. The summed E-state index contributed by atoms with van der Waals surface area (Å²) in [5.74, 6) is 0.169. The molecule has 3 rings (SSSR count). The van der Waals surface area contributed by atoms with Gasteiger partial charge in [-0.05, 0) is 62.1 Å². The van der Waals surface area contributed by atoms with Crippen molar-refractivity contribution in [2.45, 2.75) is 33.6 Å². The van der Waals surface area contributed by atoms with Crippen LogP contribution in [0.3, 0.4) is 0 Å². The van der Waals surface area contributed by atoms with Crippen LogP contribution < -0.4 is 22.1 Å². The highest BCUT2D eigenvalue weighted by Gasteiger charge is 2.23. The third-order valence-electron chi connectivity index (χ3n) is 5.34. The number of aliphatic imine (C=N–C) groups is 1. The lowest BCUT2D eigenvalue weighted by Crippen LogP contribution is -2.24. The Balaban J connectivity index is 1.67.